The van der Waals surface area contributed by atoms with Crippen molar-refractivity contribution in [1.29, 1.82) is 0 Å². The average molecular weight is 433 g/mol. The summed E-state index contributed by atoms with van der Waals surface area (Å²) in [7, 11) is 3.41. The summed E-state index contributed by atoms with van der Waals surface area (Å²) in [6.07, 6.45) is 5.60. The molecule has 1 unspecified atom stereocenters. The van der Waals surface area contributed by atoms with Crippen LogP contribution in [0.4, 0.5) is 0 Å². The normalized spacial score (nSPS) is 14.4. The van der Waals surface area contributed by atoms with Crippen molar-refractivity contribution < 1.29 is 19.1 Å². The molecule has 0 radical (unpaired) electrons. The Morgan fingerprint density at radius 1 is 1.26 bits per heavy atom. The van der Waals surface area contributed by atoms with E-state index in [1.54, 1.807) is 14.1 Å². The summed E-state index contributed by atoms with van der Waals surface area (Å²) >= 11 is 0. The number of hydrogen-bond acceptors (Lipinski definition) is 6. The maximum atomic E-state index is 12.7. The SMILES string of the molecule is CNCC(=O)NCCCc1ccccc1OCCNC(C(=O)N(C)CC=O)C1CCC1. The Kier molecular flexibility index (Phi) is 11.0. The summed E-state index contributed by atoms with van der Waals surface area (Å²) in [5.41, 5.74) is 1.10. The quantitative estimate of drug-likeness (QED) is 0.279. The summed E-state index contributed by atoms with van der Waals surface area (Å²) < 4.78 is 5.98. The van der Waals surface area contributed by atoms with E-state index in [0.29, 0.717) is 32.2 Å². The molecule has 1 fully saturated rings. The highest BCUT2D eigenvalue weighted by Crippen LogP contribution is 2.30. The molecule has 8 heteroatoms. The Morgan fingerprint density at radius 2 is 2.03 bits per heavy atom. The van der Waals surface area contributed by atoms with E-state index in [1.807, 2.05) is 24.3 Å². The first kappa shape index (κ1) is 24.8. The summed E-state index contributed by atoms with van der Waals surface area (Å²) in [6.45, 7) is 2.06. The van der Waals surface area contributed by atoms with Gasteiger partial charge in [0, 0.05) is 20.1 Å². The highest BCUT2D eigenvalue weighted by molar-refractivity contribution is 5.83. The van der Waals surface area contributed by atoms with Gasteiger partial charge in [-0.05, 0) is 50.3 Å². The van der Waals surface area contributed by atoms with Crippen LogP contribution in [0.15, 0.2) is 24.3 Å². The van der Waals surface area contributed by atoms with Crippen LogP contribution in [0.25, 0.3) is 0 Å². The predicted molar refractivity (Wildman–Crippen MR) is 120 cm³/mol. The predicted octanol–water partition coefficient (Wildman–Crippen LogP) is 0.749. The number of benzene rings is 1. The first-order chi connectivity index (χ1) is 15.1. The van der Waals surface area contributed by atoms with E-state index >= 15 is 0 Å². The molecule has 31 heavy (non-hydrogen) atoms. The number of amides is 2. The van der Waals surface area contributed by atoms with E-state index < -0.39 is 0 Å². The number of nitrogens with one attached hydrogen (secondary N) is 3. The van der Waals surface area contributed by atoms with Gasteiger partial charge >= 0.3 is 0 Å². The molecule has 1 saturated carbocycles. The van der Waals surface area contributed by atoms with E-state index in [4.69, 9.17) is 4.74 Å². The standard InChI is InChI=1S/C23H36N4O4/c1-24-17-21(29)25-12-6-10-18-7-3-4-11-20(18)31-16-13-26-22(19-8-5-9-19)23(30)27(2)14-15-28/h3-4,7,11,15,19,22,24,26H,5-6,8-10,12-14,16-17H2,1-2H3,(H,25,29). The Bertz CT molecular complexity index is 709. The van der Waals surface area contributed by atoms with Gasteiger partial charge in [0.2, 0.25) is 11.8 Å². The smallest absolute Gasteiger partial charge is 0.240 e. The van der Waals surface area contributed by atoms with Gasteiger partial charge in [-0.1, -0.05) is 24.6 Å². The Labute approximate surface area is 185 Å². The molecule has 2 rings (SSSR count). The van der Waals surface area contributed by atoms with Gasteiger partial charge < -0.3 is 30.4 Å². The summed E-state index contributed by atoms with van der Waals surface area (Å²) in [4.78, 5) is 36.4. The minimum Gasteiger partial charge on any atom is -0.492 e. The Hall–Kier alpha value is -2.45. The van der Waals surface area contributed by atoms with Crippen LogP contribution in [-0.4, -0.2) is 75.9 Å². The maximum absolute atomic E-state index is 12.7. The third-order valence-electron chi connectivity index (χ3n) is 5.59. The van der Waals surface area contributed by atoms with Gasteiger partial charge in [-0.15, -0.1) is 0 Å². The molecule has 1 atom stereocenters. The molecule has 1 aliphatic carbocycles. The average Bonchev–Trinajstić information content (AvgIpc) is 2.72. The van der Waals surface area contributed by atoms with Gasteiger partial charge in [0.25, 0.3) is 0 Å². The van der Waals surface area contributed by atoms with Crippen LogP contribution in [0, 0.1) is 5.92 Å². The lowest BCUT2D eigenvalue weighted by atomic mass is 9.79. The van der Waals surface area contributed by atoms with Crippen LogP contribution in [0.2, 0.25) is 0 Å². The molecule has 0 heterocycles. The van der Waals surface area contributed by atoms with Crippen LogP contribution in [-0.2, 0) is 20.8 Å². The van der Waals surface area contributed by atoms with Crippen molar-refractivity contribution in [2.45, 2.75) is 38.1 Å². The van der Waals surface area contributed by atoms with Gasteiger partial charge in [0.15, 0.2) is 0 Å². The fourth-order valence-corrected chi connectivity index (χ4v) is 3.62. The van der Waals surface area contributed by atoms with Crippen molar-refractivity contribution in [2.75, 3.05) is 46.9 Å². The summed E-state index contributed by atoms with van der Waals surface area (Å²) in [5, 5.41) is 9.05. The number of carbonyl (C=O) groups excluding carboxylic acids is 3. The van der Waals surface area contributed by atoms with Gasteiger partial charge in [-0.25, -0.2) is 0 Å². The fraction of sp³-hybridized carbons (Fsp3) is 0.609. The van der Waals surface area contributed by atoms with Crippen molar-refractivity contribution in [3.63, 3.8) is 0 Å². The number of rotatable bonds is 15. The molecule has 172 valence electrons. The highest BCUT2D eigenvalue weighted by atomic mass is 16.5. The van der Waals surface area contributed by atoms with E-state index in [2.05, 4.69) is 16.0 Å². The summed E-state index contributed by atoms with van der Waals surface area (Å²) in [6, 6.07) is 7.64. The molecule has 1 aromatic carbocycles. The molecular weight excluding hydrogens is 396 g/mol. The molecule has 2 amide bonds. The van der Waals surface area contributed by atoms with Gasteiger partial charge in [-0.2, -0.15) is 0 Å². The number of aryl methyl sites for hydroxylation is 1. The highest BCUT2D eigenvalue weighted by Gasteiger charge is 2.33. The van der Waals surface area contributed by atoms with Crippen molar-refractivity contribution in [1.82, 2.24) is 20.9 Å². The molecule has 0 bridgehead atoms. The lowest BCUT2D eigenvalue weighted by molar-refractivity contribution is -0.136. The molecule has 0 aliphatic heterocycles. The zero-order chi connectivity index (χ0) is 22.5. The van der Waals surface area contributed by atoms with Crippen LogP contribution >= 0.6 is 0 Å². The Morgan fingerprint density at radius 3 is 2.71 bits per heavy atom. The minimum absolute atomic E-state index is 0.00698. The fourth-order valence-electron chi connectivity index (χ4n) is 3.62. The first-order valence-electron chi connectivity index (χ1n) is 11.1. The molecule has 1 aromatic rings. The van der Waals surface area contributed by atoms with Crippen LogP contribution < -0.4 is 20.7 Å². The van der Waals surface area contributed by atoms with E-state index in [-0.39, 0.29) is 24.4 Å². The second-order valence-electron chi connectivity index (χ2n) is 7.95. The Balaban J connectivity index is 1.78. The van der Waals surface area contributed by atoms with Crippen LogP contribution in [0.1, 0.15) is 31.2 Å². The number of aldehydes is 1. The zero-order valence-electron chi connectivity index (χ0n) is 18.7. The lowest BCUT2D eigenvalue weighted by Crippen LogP contribution is -2.52. The van der Waals surface area contributed by atoms with Gasteiger partial charge in [-0.3, -0.25) is 9.59 Å². The van der Waals surface area contributed by atoms with Crippen LogP contribution in [0.5, 0.6) is 5.75 Å². The number of nitrogens with zero attached hydrogens (tertiary/aromatic N) is 1. The second kappa shape index (κ2) is 13.8. The van der Waals surface area contributed by atoms with Crippen molar-refractivity contribution >= 4 is 18.1 Å². The lowest BCUT2D eigenvalue weighted by Gasteiger charge is -2.35. The molecule has 0 spiro atoms. The zero-order valence-corrected chi connectivity index (χ0v) is 18.7. The number of likely N-dealkylation sites (N-methyl/N-ethyl adjacent to an activating group) is 2. The number of hydrogen-bond donors (Lipinski definition) is 3. The van der Waals surface area contributed by atoms with Gasteiger partial charge in [0.1, 0.15) is 18.6 Å². The first-order valence-corrected chi connectivity index (χ1v) is 11.1. The van der Waals surface area contributed by atoms with Crippen LogP contribution in [0.3, 0.4) is 0 Å². The van der Waals surface area contributed by atoms with E-state index in [0.717, 1.165) is 49.7 Å². The van der Waals surface area contributed by atoms with Gasteiger partial charge in [0.05, 0.1) is 19.1 Å². The third-order valence-corrected chi connectivity index (χ3v) is 5.59. The largest absolute Gasteiger partial charge is 0.492 e. The molecule has 1 aliphatic rings. The molecule has 0 aromatic heterocycles. The molecular formula is C23H36N4O4. The molecule has 0 saturated heterocycles. The van der Waals surface area contributed by atoms with E-state index in [1.165, 1.54) is 4.90 Å². The molecule has 3 N–H and O–H groups in total. The second-order valence-corrected chi connectivity index (χ2v) is 7.95. The molecule has 8 nitrogen and oxygen atoms in total. The third kappa shape index (κ3) is 8.30. The monoisotopic (exact) mass is 432 g/mol. The number of carbonyl (C=O) groups is 3. The van der Waals surface area contributed by atoms with Crippen molar-refractivity contribution in [2.24, 2.45) is 5.92 Å². The van der Waals surface area contributed by atoms with Crippen molar-refractivity contribution in [3.05, 3.63) is 29.8 Å². The minimum atomic E-state index is -0.265. The summed E-state index contributed by atoms with van der Waals surface area (Å²) in [5.74, 6) is 1.12. The maximum Gasteiger partial charge on any atom is 0.240 e. The van der Waals surface area contributed by atoms with E-state index in [9.17, 15) is 14.4 Å². The number of para-hydroxylation sites is 1. The topological polar surface area (TPSA) is 99.8 Å². The van der Waals surface area contributed by atoms with Crippen molar-refractivity contribution in [3.8, 4) is 5.75 Å². The number of ether oxygens (including phenoxy) is 1.